The van der Waals surface area contributed by atoms with Gasteiger partial charge in [0.15, 0.2) is 5.96 Å². The predicted molar refractivity (Wildman–Crippen MR) is 119 cm³/mol. The Morgan fingerprint density at radius 3 is 2.50 bits per heavy atom. The van der Waals surface area contributed by atoms with Crippen molar-refractivity contribution in [1.29, 1.82) is 0 Å². The van der Waals surface area contributed by atoms with Crippen LogP contribution in [-0.4, -0.2) is 48.7 Å². The Labute approximate surface area is 178 Å². The first kappa shape index (κ1) is 21.2. The summed E-state index contributed by atoms with van der Waals surface area (Å²) in [5.41, 5.74) is 3.50. The fourth-order valence-corrected chi connectivity index (χ4v) is 3.23. The fraction of sp³-hybridized carbons (Fsp3) is 0.304. The van der Waals surface area contributed by atoms with Crippen molar-refractivity contribution in [3.63, 3.8) is 0 Å². The van der Waals surface area contributed by atoms with Gasteiger partial charge in [0.1, 0.15) is 11.5 Å². The lowest BCUT2D eigenvalue weighted by atomic mass is 10.1. The average molecular weight is 408 g/mol. The molecule has 1 aromatic heterocycles. The molecule has 0 saturated carbocycles. The topological polar surface area (TPSA) is 63.9 Å². The van der Waals surface area contributed by atoms with E-state index in [0.717, 1.165) is 29.6 Å². The van der Waals surface area contributed by atoms with Crippen LogP contribution in [-0.2, 0) is 19.6 Å². The zero-order valence-electron chi connectivity index (χ0n) is 18.0. The molecule has 1 N–H and O–H groups in total. The molecule has 0 fully saturated rings. The van der Waals surface area contributed by atoms with Gasteiger partial charge in [0.2, 0.25) is 0 Å². The second kappa shape index (κ2) is 10.3. The number of hydrogen-bond donors (Lipinski definition) is 1. The highest BCUT2D eigenvalue weighted by Crippen LogP contribution is 2.25. The molecule has 0 spiro atoms. The lowest BCUT2D eigenvalue weighted by Gasteiger charge is -2.23. The van der Waals surface area contributed by atoms with Gasteiger partial charge in [-0.05, 0) is 23.3 Å². The average Bonchev–Trinajstić information content (AvgIpc) is 3.28. The molecular formula is C23H29N5O2. The Balaban J connectivity index is 1.57. The molecule has 0 aliphatic rings. The fourth-order valence-electron chi connectivity index (χ4n) is 3.23. The van der Waals surface area contributed by atoms with Crippen LogP contribution >= 0.6 is 0 Å². The molecule has 0 saturated heterocycles. The number of guanidine groups is 1. The summed E-state index contributed by atoms with van der Waals surface area (Å²) in [4.78, 5) is 10.6. The Kier molecular flexibility index (Phi) is 7.32. The van der Waals surface area contributed by atoms with E-state index in [0.29, 0.717) is 13.1 Å². The lowest BCUT2D eigenvalue weighted by molar-refractivity contribution is 0.382. The van der Waals surface area contributed by atoms with Crippen LogP contribution in [0.1, 0.15) is 16.7 Å². The van der Waals surface area contributed by atoms with Crippen LogP contribution in [0.15, 0.2) is 66.2 Å². The molecule has 3 aromatic rings. The first-order valence-corrected chi connectivity index (χ1v) is 9.79. The van der Waals surface area contributed by atoms with Crippen molar-refractivity contribution in [3.8, 4) is 11.5 Å². The molecule has 1 heterocycles. The van der Waals surface area contributed by atoms with Crippen molar-refractivity contribution in [2.24, 2.45) is 4.99 Å². The van der Waals surface area contributed by atoms with E-state index < -0.39 is 0 Å². The summed E-state index contributed by atoms with van der Waals surface area (Å²) in [6, 6.07) is 14.4. The Hall–Kier alpha value is -3.48. The van der Waals surface area contributed by atoms with E-state index in [-0.39, 0.29) is 0 Å². The SMILES string of the molecule is CN=C(NCc1ccc(Cn2ccnc2)cc1)N(C)Cc1ccc(OC)cc1OC. The van der Waals surface area contributed by atoms with Crippen LogP contribution in [0.5, 0.6) is 11.5 Å². The number of hydrogen-bond acceptors (Lipinski definition) is 4. The maximum absolute atomic E-state index is 5.51. The minimum absolute atomic E-state index is 0.663. The number of benzene rings is 2. The van der Waals surface area contributed by atoms with Gasteiger partial charge >= 0.3 is 0 Å². The molecule has 7 heteroatoms. The molecule has 0 aliphatic carbocycles. The van der Waals surface area contributed by atoms with Gasteiger partial charge in [0.25, 0.3) is 0 Å². The lowest BCUT2D eigenvalue weighted by Crippen LogP contribution is -2.38. The van der Waals surface area contributed by atoms with Crippen LogP contribution in [0.2, 0.25) is 0 Å². The summed E-state index contributed by atoms with van der Waals surface area (Å²) in [6.45, 7) is 2.18. The third-order valence-electron chi connectivity index (χ3n) is 4.87. The van der Waals surface area contributed by atoms with Crippen molar-refractivity contribution in [2.75, 3.05) is 28.3 Å². The summed E-state index contributed by atoms with van der Waals surface area (Å²) >= 11 is 0. The number of imidazole rings is 1. The van der Waals surface area contributed by atoms with Crippen LogP contribution in [0.25, 0.3) is 0 Å². The standard InChI is InChI=1S/C23H29N5O2/c1-24-23(27(2)16-20-9-10-21(29-3)13-22(20)30-4)26-14-18-5-7-19(8-6-18)15-28-12-11-25-17-28/h5-13,17H,14-16H2,1-4H3,(H,24,26). The first-order chi connectivity index (χ1) is 14.6. The number of methoxy groups -OCH3 is 2. The third-order valence-corrected chi connectivity index (χ3v) is 4.87. The summed E-state index contributed by atoms with van der Waals surface area (Å²) < 4.78 is 12.8. The van der Waals surface area contributed by atoms with Crippen molar-refractivity contribution in [2.45, 2.75) is 19.6 Å². The first-order valence-electron chi connectivity index (χ1n) is 9.79. The van der Waals surface area contributed by atoms with Gasteiger partial charge in [0, 0.05) is 57.8 Å². The number of nitrogens with zero attached hydrogens (tertiary/aromatic N) is 4. The van der Waals surface area contributed by atoms with Gasteiger partial charge in [0.05, 0.1) is 20.5 Å². The zero-order valence-corrected chi connectivity index (χ0v) is 18.0. The maximum Gasteiger partial charge on any atom is 0.193 e. The van der Waals surface area contributed by atoms with Crippen molar-refractivity contribution in [3.05, 3.63) is 77.9 Å². The monoisotopic (exact) mass is 407 g/mol. The van der Waals surface area contributed by atoms with E-state index >= 15 is 0 Å². The second-order valence-corrected chi connectivity index (χ2v) is 6.99. The maximum atomic E-state index is 5.51. The minimum atomic E-state index is 0.663. The summed E-state index contributed by atoms with van der Waals surface area (Å²) in [5, 5.41) is 3.43. The second-order valence-electron chi connectivity index (χ2n) is 6.99. The highest BCUT2D eigenvalue weighted by Gasteiger charge is 2.11. The van der Waals surface area contributed by atoms with E-state index in [2.05, 4.69) is 49.0 Å². The van der Waals surface area contributed by atoms with Crippen LogP contribution in [0, 0.1) is 0 Å². The van der Waals surface area contributed by atoms with Gasteiger partial charge in [-0.2, -0.15) is 0 Å². The summed E-state index contributed by atoms with van der Waals surface area (Å²) in [6.07, 6.45) is 5.59. The van der Waals surface area contributed by atoms with Crippen LogP contribution in [0.4, 0.5) is 0 Å². The number of aliphatic imine (C=N–C) groups is 1. The van der Waals surface area contributed by atoms with Crippen LogP contribution < -0.4 is 14.8 Å². The zero-order chi connectivity index (χ0) is 21.3. The highest BCUT2D eigenvalue weighted by atomic mass is 16.5. The summed E-state index contributed by atoms with van der Waals surface area (Å²) in [7, 11) is 7.12. The van der Waals surface area contributed by atoms with E-state index in [1.54, 1.807) is 27.5 Å². The van der Waals surface area contributed by atoms with Gasteiger partial charge in [-0.3, -0.25) is 4.99 Å². The molecule has 2 aromatic carbocycles. The van der Waals surface area contributed by atoms with Gasteiger partial charge in [-0.25, -0.2) is 4.98 Å². The number of rotatable bonds is 8. The molecule has 0 radical (unpaired) electrons. The molecule has 0 unspecified atom stereocenters. The van der Waals surface area contributed by atoms with E-state index in [1.807, 2.05) is 37.8 Å². The largest absolute Gasteiger partial charge is 0.497 e. The van der Waals surface area contributed by atoms with Gasteiger partial charge in [-0.1, -0.05) is 24.3 Å². The number of nitrogens with one attached hydrogen (secondary N) is 1. The van der Waals surface area contributed by atoms with E-state index in [4.69, 9.17) is 9.47 Å². The minimum Gasteiger partial charge on any atom is -0.497 e. The predicted octanol–water partition coefficient (Wildman–Crippen LogP) is 3.16. The van der Waals surface area contributed by atoms with Crippen LogP contribution in [0.3, 0.4) is 0 Å². The molecule has 158 valence electrons. The third kappa shape index (κ3) is 5.53. The van der Waals surface area contributed by atoms with Gasteiger partial charge in [-0.15, -0.1) is 0 Å². The molecular weight excluding hydrogens is 378 g/mol. The molecule has 0 bridgehead atoms. The molecule has 7 nitrogen and oxygen atoms in total. The highest BCUT2D eigenvalue weighted by molar-refractivity contribution is 5.79. The molecule has 30 heavy (non-hydrogen) atoms. The van der Waals surface area contributed by atoms with Crippen molar-refractivity contribution in [1.82, 2.24) is 19.8 Å². The number of aromatic nitrogens is 2. The smallest absolute Gasteiger partial charge is 0.193 e. The molecule has 0 aliphatic heterocycles. The molecule has 0 amide bonds. The quantitative estimate of drug-likeness (QED) is 0.459. The normalized spacial score (nSPS) is 11.3. The van der Waals surface area contributed by atoms with Crippen molar-refractivity contribution < 1.29 is 9.47 Å². The number of ether oxygens (including phenoxy) is 2. The van der Waals surface area contributed by atoms with Crippen molar-refractivity contribution >= 4 is 5.96 Å². The van der Waals surface area contributed by atoms with E-state index in [1.165, 1.54) is 11.1 Å². The summed E-state index contributed by atoms with van der Waals surface area (Å²) in [5.74, 6) is 2.39. The molecule has 3 rings (SSSR count). The van der Waals surface area contributed by atoms with E-state index in [9.17, 15) is 0 Å². The Morgan fingerprint density at radius 2 is 1.87 bits per heavy atom. The van der Waals surface area contributed by atoms with Gasteiger partial charge < -0.3 is 24.3 Å². The molecule has 0 atom stereocenters. The Morgan fingerprint density at radius 1 is 1.10 bits per heavy atom. The Bertz CT molecular complexity index is 952.